The third kappa shape index (κ3) is 3.17. The van der Waals surface area contributed by atoms with Gasteiger partial charge in [-0.25, -0.2) is 4.79 Å². The van der Waals surface area contributed by atoms with E-state index in [-0.39, 0.29) is 6.61 Å². The molecule has 26 heavy (non-hydrogen) atoms. The molecule has 6 nitrogen and oxygen atoms in total. The Morgan fingerprint density at radius 3 is 2.73 bits per heavy atom. The zero-order valence-corrected chi connectivity index (χ0v) is 14.0. The second kappa shape index (κ2) is 6.76. The maximum absolute atomic E-state index is 12.6. The van der Waals surface area contributed by atoms with Gasteiger partial charge in [0.1, 0.15) is 6.61 Å². The third-order valence-corrected chi connectivity index (χ3v) is 3.92. The SMILES string of the molecule is Cc1nnc(-c2ccccc2C(=O)OCc2cnc3ccccc3c2)o1. The van der Waals surface area contributed by atoms with Gasteiger partial charge in [-0.3, -0.25) is 4.98 Å². The molecule has 0 spiro atoms. The Kier molecular flexibility index (Phi) is 4.15. The Hall–Kier alpha value is -3.54. The summed E-state index contributed by atoms with van der Waals surface area (Å²) in [5.74, 6) is 0.275. The van der Waals surface area contributed by atoms with Crippen molar-refractivity contribution in [2.45, 2.75) is 13.5 Å². The van der Waals surface area contributed by atoms with E-state index >= 15 is 0 Å². The van der Waals surface area contributed by atoms with Gasteiger partial charge in [-0.2, -0.15) is 0 Å². The summed E-state index contributed by atoms with van der Waals surface area (Å²) in [6, 6.07) is 16.8. The summed E-state index contributed by atoms with van der Waals surface area (Å²) in [6.45, 7) is 1.83. The van der Waals surface area contributed by atoms with Crippen molar-refractivity contribution in [3.05, 3.63) is 77.8 Å². The maximum atomic E-state index is 12.6. The van der Waals surface area contributed by atoms with Crippen LogP contribution in [0.25, 0.3) is 22.4 Å². The van der Waals surface area contributed by atoms with Crippen molar-refractivity contribution in [3.63, 3.8) is 0 Å². The molecule has 0 aliphatic carbocycles. The van der Waals surface area contributed by atoms with E-state index in [1.165, 1.54) is 0 Å². The molecule has 0 aliphatic heterocycles. The largest absolute Gasteiger partial charge is 0.457 e. The van der Waals surface area contributed by atoms with Crippen molar-refractivity contribution in [1.29, 1.82) is 0 Å². The number of ether oxygens (including phenoxy) is 1. The number of nitrogens with zero attached hydrogens (tertiary/aromatic N) is 3. The lowest BCUT2D eigenvalue weighted by atomic mass is 10.1. The highest BCUT2D eigenvalue weighted by molar-refractivity contribution is 5.96. The number of hydrogen-bond acceptors (Lipinski definition) is 6. The molecule has 0 saturated carbocycles. The molecule has 2 aromatic heterocycles. The highest BCUT2D eigenvalue weighted by Gasteiger charge is 2.17. The van der Waals surface area contributed by atoms with E-state index in [1.54, 1.807) is 37.4 Å². The van der Waals surface area contributed by atoms with E-state index < -0.39 is 5.97 Å². The molecule has 0 atom stereocenters. The first-order valence-electron chi connectivity index (χ1n) is 8.11. The number of aromatic nitrogens is 3. The zero-order chi connectivity index (χ0) is 17.9. The average Bonchev–Trinajstić information content (AvgIpc) is 3.12. The molecule has 2 heterocycles. The van der Waals surface area contributed by atoms with Crippen LogP contribution in [0.15, 0.2) is 65.2 Å². The first-order chi connectivity index (χ1) is 12.7. The summed E-state index contributed by atoms with van der Waals surface area (Å²) >= 11 is 0. The zero-order valence-electron chi connectivity index (χ0n) is 14.0. The van der Waals surface area contributed by atoms with Crippen LogP contribution in [0.2, 0.25) is 0 Å². The van der Waals surface area contributed by atoms with Crippen molar-refractivity contribution < 1.29 is 13.9 Å². The van der Waals surface area contributed by atoms with E-state index in [2.05, 4.69) is 15.2 Å². The molecule has 0 aliphatic rings. The van der Waals surface area contributed by atoms with Crippen LogP contribution in [-0.4, -0.2) is 21.2 Å². The van der Waals surface area contributed by atoms with Crippen LogP contribution in [0.1, 0.15) is 21.8 Å². The van der Waals surface area contributed by atoms with Gasteiger partial charge in [0.15, 0.2) is 0 Å². The summed E-state index contributed by atoms with van der Waals surface area (Å²) in [6.07, 6.45) is 1.71. The number of pyridine rings is 1. The minimum Gasteiger partial charge on any atom is -0.457 e. The molecule has 0 saturated heterocycles. The fourth-order valence-electron chi connectivity index (χ4n) is 2.68. The molecule has 128 valence electrons. The molecule has 0 amide bonds. The number of fused-ring (bicyclic) bond motifs is 1. The van der Waals surface area contributed by atoms with Gasteiger partial charge in [-0.05, 0) is 24.3 Å². The van der Waals surface area contributed by atoms with Gasteiger partial charge in [-0.1, -0.05) is 30.3 Å². The fourth-order valence-corrected chi connectivity index (χ4v) is 2.68. The minimum atomic E-state index is -0.454. The number of hydrogen-bond donors (Lipinski definition) is 0. The number of para-hydroxylation sites is 1. The second-order valence-corrected chi connectivity index (χ2v) is 5.78. The van der Waals surface area contributed by atoms with Gasteiger partial charge in [0.25, 0.3) is 0 Å². The van der Waals surface area contributed by atoms with Gasteiger partial charge in [0.2, 0.25) is 11.8 Å². The summed E-state index contributed by atoms with van der Waals surface area (Å²) in [7, 11) is 0. The molecule has 4 aromatic rings. The predicted octanol–water partition coefficient (Wildman–Crippen LogP) is 3.95. The van der Waals surface area contributed by atoms with Crippen molar-refractivity contribution in [3.8, 4) is 11.5 Å². The lowest BCUT2D eigenvalue weighted by Gasteiger charge is -2.08. The Morgan fingerprint density at radius 1 is 1.08 bits per heavy atom. The molecule has 0 radical (unpaired) electrons. The van der Waals surface area contributed by atoms with Crippen LogP contribution in [0, 0.1) is 6.92 Å². The topological polar surface area (TPSA) is 78.1 Å². The Balaban J connectivity index is 1.55. The first-order valence-corrected chi connectivity index (χ1v) is 8.11. The predicted molar refractivity (Wildman–Crippen MR) is 95.3 cm³/mol. The van der Waals surface area contributed by atoms with Crippen LogP contribution in [0.3, 0.4) is 0 Å². The molecular weight excluding hydrogens is 330 g/mol. The smallest absolute Gasteiger partial charge is 0.339 e. The second-order valence-electron chi connectivity index (χ2n) is 5.78. The van der Waals surface area contributed by atoms with E-state index in [1.807, 2.05) is 30.3 Å². The highest BCUT2D eigenvalue weighted by atomic mass is 16.5. The molecule has 2 aromatic carbocycles. The molecule has 0 bridgehead atoms. The van der Waals surface area contributed by atoms with Gasteiger partial charge in [0, 0.05) is 24.1 Å². The molecule has 6 heteroatoms. The van der Waals surface area contributed by atoms with Gasteiger partial charge < -0.3 is 9.15 Å². The van der Waals surface area contributed by atoms with E-state index in [4.69, 9.17) is 9.15 Å². The number of carbonyl (C=O) groups excluding carboxylic acids is 1. The fraction of sp³-hybridized carbons (Fsp3) is 0.100. The minimum absolute atomic E-state index is 0.133. The summed E-state index contributed by atoms with van der Waals surface area (Å²) in [5.41, 5.74) is 2.66. The van der Waals surface area contributed by atoms with Gasteiger partial charge in [-0.15, -0.1) is 10.2 Å². The van der Waals surface area contributed by atoms with Crippen LogP contribution >= 0.6 is 0 Å². The number of aryl methyl sites for hydroxylation is 1. The van der Waals surface area contributed by atoms with Crippen LogP contribution < -0.4 is 0 Å². The van der Waals surface area contributed by atoms with Crippen molar-refractivity contribution in [1.82, 2.24) is 15.2 Å². The molecule has 0 N–H and O–H groups in total. The van der Waals surface area contributed by atoms with Gasteiger partial charge in [0.05, 0.1) is 16.6 Å². The summed E-state index contributed by atoms with van der Waals surface area (Å²) in [4.78, 5) is 16.9. The monoisotopic (exact) mass is 345 g/mol. The summed E-state index contributed by atoms with van der Waals surface area (Å²) in [5, 5.41) is 8.79. The first kappa shape index (κ1) is 16.0. The third-order valence-electron chi connectivity index (χ3n) is 3.92. The maximum Gasteiger partial charge on any atom is 0.339 e. The van der Waals surface area contributed by atoms with Crippen LogP contribution in [-0.2, 0) is 11.3 Å². The van der Waals surface area contributed by atoms with Crippen LogP contribution in [0.5, 0.6) is 0 Å². The van der Waals surface area contributed by atoms with Gasteiger partial charge >= 0.3 is 5.97 Å². The van der Waals surface area contributed by atoms with Crippen molar-refractivity contribution >= 4 is 16.9 Å². The summed E-state index contributed by atoms with van der Waals surface area (Å²) < 4.78 is 10.9. The Bertz CT molecular complexity index is 1090. The quantitative estimate of drug-likeness (QED) is 0.521. The van der Waals surface area contributed by atoms with E-state index in [0.29, 0.717) is 22.9 Å². The number of rotatable bonds is 4. The molecular formula is C20H15N3O3. The lowest BCUT2D eigenvalue weighted by molar-refractivity contribution is 0.0473. The number of esters is 1. The van der Waals surface area contributed by atoms with Crippen molar-refractivity contribution in [2.24, 2.45) is 0 Å². The normalized spacial score (nSPS) is 10.8. The molecule has 4 rings (SSSR count). The molecule has 0 fully saturated rings. The standard InChI is InChI=1S/C20H15N3O3/c1-13-22-23-19(26-13)16-7-3-4-8-17(16)20(24)25-12-14-10-15-6-2-5-9-18(15)21-11-14/h2-11H,12H2,1H3. The van der Waals surface area contributed by atoms with Crippen LogP contribution in [0.4, 0.5) is 0 Å². The highest BCUT2D eigenvalue weighted by Crippen LogP contribution is 2.23. The Labute approximate surface area is 149 Å². The average molecular weight is 345 g/mol. The Morgan fingerprint density at radius 2 is 1.88 bits per heavy atom. The van der Waals surface area contributed by atoms with Crippen molar-refractivity contribution in [2.75, 3.05) is 0 Å². The van der Waals surface area contributed by atoms with E-state index in [0.717, 1.165) is 16.5 Å². The lowest BCUT2D eigenvalue weighted by Crippen LogP contribution is -2.07. The number of carbonyl (C=O) groups is 1. The number of benzene rings is 2. The molecule has 0 unspecified atom stereocenters. The van der Waals surface area contributed by atoms with E-state index in [9.17, 15) is 4.79 Å².